The minimum atomic E-state index is -3.57. The fourth-order valence-corrected chi connectivity index (χ4v) is 3.11. The van der Waals surface area contributed by atoms with E-state index in [1.165, 1.54) is 17.7 Å². The number of aliphatic imine (C=N–C) groups is 1. The Morgan fingerprint density at radius 2 is 1.87 bits per heavy atom. The Bertz CT molecular complexity index is 1050. The lowest BCUT2D eigenvalue weighted by Crippen LogP contribution is -2.28. The molecule has 0 radical (unpaired) electrons. The van der Waals surface area contributed by atoms with Gasteiger partial charge >= 0.3 is 0 Å². The normalized spacial score (nSPS) is 12.2. The van der Waals surface area contributed by atoms with Gasteiger partial charge in [0.25, 0.3) is 0 Å². The second-order valence-electron chi connectivity index (χ2n) is 7.76. The zero-order valence-corrected chi connectivity index (χ0v) is 18.2. The molecule has 2 aromatic carbocycles. The van der Waals surface area contributed by atoms with E-state index < -0.39 is 15.8 Å². The zero-order valence-electron chi connectivity index (χ0n) is 17.4. The number of hydrogen-bond acceptors (Lipinski definition) is 5. The Morgan fingerprint density at radius 3 is 2.40 bits per heavy atom. The summed E-state index contributed by atoms with van der Waals surface area (Å²) < 4.78 is 44.3. The van der Waals surface area contributed by atoms with Crippen LogP contribution in [0.1, 0.15) is 31.9 Å². The van der Waals surface area contributed by atoms with Crippen LogP contribution in [0.15, 0.2) is 47.5 Å². The molecule has 0 atom stereocenters. The van der Waals surface area contributed by atoms with Crippen molar-refractivity contribution in [2.45, 2.75) is 32.7 Å². The van der Waals surface area contributed by atoms with Gasteiger partial charge in [-0.3, -0.25) is 4.72 Å². The van der Waals surface area contributed by atoms with E-state index in [4.69, 9.17) is 10.00 Å². The number of nitrogens with one attached hydrogen (secondary N) is 2. The quantitative estimate of drug-likeness (QED) is 0.396. The Morgan fingerprint density at radius 1 is 1.20 bits per heavy atom. The number of halogens is 1. The summed E-state index contributed by atoms with van der Waals surface area (Å²) in [5.41, 5.74) is 1.63. The van der Waals surface area contributed by atoms with Crippen molar-refractivity contribution in [3.8, 4) is 11.9 Å². The molecule has 0 aliphatic rings. The third kappa shape index (κ3) is 7.37. The number of benzene rings is 2. The molecule has 0 saturated carbocycles. The van der Waals surface area contributed by atoms with E-state index in [9.17, 15) is 12.8 Å². The lowest BCUT2D eigenvalue weighted by Gasteiger charge is -2.19. The third-order valence-corrected chi connectivity index (χ3v) is 4.70. The highest BCUT2D eigenvalue weighted by molar-refractivity contribution is 7.92. The Balaban J connectivity index is 1.97. The summed E-state index contributed by atoms with van der Waals surface area (Å²) >= 11 is 0. The summed E-state index contributed by atoms with van der Waals surface area (Å²) in [7, 11) is -3.57. The van der Waals surface area contributed by atoms with Crippen molar-refractivity contribution in [2.75, 3.05) is 17.6 Å². The molecule has 2 aromatic rings. The van der Waals surface area contributed by atoms with Gasteiger partial charge in [-0.25, -0.2) is 12.8 Å². The Hall–Kier alpha value is -3.12. The van der Waals surface area contributed by atoms with Crippen molar-refractivity contribution < 1.29 is 17.5 Å². The smallest absolute Gasteiger partial charge is 0.229 e. The van der Waals surface area contributed by atoms with Gasteiger partial charge in [0, 0.05) is 6.54 Å². The molecule has 2 N–H and O–H groups in total. The number of anilines is 1. The van der Waals surface area contributed by atoms with Gasteiger partial charge in [-0.1, -0.05) is 39.0 Å². The van der Waals surface area contributed by atoms with Crippen LogP contribution in [0.2, 0.25) is 0 Å². The maximum atomic E-state index is 14.1. The largest absolute Gasteiger partial charge is 0.486 e. The fourth-order valence-electron chi connectivity index (χ4n) is 2.54. The predicted octanol–water partition coefficient (Wildman–Crippen LogP) is 3.54. The van der Waals surface area contributed by atoms with Crippen molar-refractivity contribution >= 4 is 21.5 Å². The van der Waals surface area contributed by atoms with E-state index in [0.29, 0.717) is 11.3 Å². The summed E-state index contributed by atoms with van der Waals surface area (Å²) in [6.07, 6.45) is 2.66. The maximum absolute atomic E-state index is 14.1. The summed E-state index contributed by atoms with van der Waals surface area (Å²) in [5, 5.41) is 11.8. The first-order chi connectivity index (χ1) is 14.0. The van der Waals surface area contributed by atoms with Gasteiger partial charge in [0.2, 0.25) is 16.2 Å². The molecule has 0 unspecified atom stereocenters. The van der Waals surface area contributed by atoms with Crippen LogP contribution in [0.4, 0.5) is 10.1 Å². The number of nitriles is 1. The van der Waals surface area contributed by atoms with E-state index in [1.54, 1.807) is 12.3 Å². The lowest BCUT2D eigenvalue weighted by molar-refractivity contribution is 0.371. The van der Waals surface area contributed by atoms with E-state index in [-0.39, 0.29) is 30.1 Å². The first-order valence-electron chi connectivity index (χ1n) is 9.17. The number of ether oxygens (including phenoxy) is 1. The topological polar surface area (TPSA) is 104 Å². The molecule has 0 amide bonds. The van der Waals surface area contributed by atoms with E-state index >= 15 is 0 Å². The molecule has 0 aliphatic heterocycles. The zero-order chi connectivity index (χ0) is 22.4. The molecule has 0 spiro atoms. The minimum Gasteiger partial charge on any atom is -0.486 e. The molecule has 7 nitrogen and oxygen atoms in total. The number of nitrogens with zero attached hydrogens (tertiary/aromatic N) is 2. The standard InChI is InChI=1S/C21H25FN4O3S/c1-21(2,3)16-6-8-17(9-7-16)29-13-20(25-14-23)24-12-15-5-10-19(18(22)11-15)26-30(4,27)28/h5-11,26H,12-13H2,1-4H3,(H,24,25). The molecular weight excluding hydrogens is 407 g/mol. The summed E-state index contributed by atoms with van der Waals surface area (Å²) in [6.45, 7) is 6.59. The van der Waals surface area contributed by atoms with Gasteiger partial charge in [-0.15, -0.1) is 0 Å². The Labute approximate surface area is 176 Å². The molecule has 30 heavy (non-hydrogen) atoms. The van der Waals surface area contributed by atoms with Crippen LogP contribution in [0.3, 0.4) is 0 Å². The van der Waals surface area contributed by atoms with Crippen molar-refractivity contribution in [3.05, 3.63) is 59.4 Å². The highest BCUT2D eigenvalue weighted by Gasteiger charge is 2.13. The van der Waals surface area contributed by atoms with Gasteiger partial charge in [0.05, 0.1) is 11.9 Å². The number of amidine groups is 1. The van der Waals surface area contributed by atoms with Crippen LogP contribution in [0.5, 0.6) is 5.75 Å². The molecule has 0 aliphatic carbocycles. The van der Waals surface area contributed by atoms with Gasteiger partial charge < -0.3 is 10.1 Å². The van der Waals surface area contributed by atoms with Crippen LogP contribution in [-0.2, 0) is 22.0 Å². The van der Waals surface area contributed by atoms with Crippen molar-refractivity contribution in [2.24, 2.45) is 4.99 Å². The molecule has 0 heterocycles. The average Bonchev–Trinajstić information content (AvgIpc) is 2.64. The molecule has 0 aromatic heterocycles. The Kier molecular flexibility index (Phi) is 7.40. The van der Waals surface area contributed by atoms with E-state index in [0.717, 1.165) is 6.26 Å². The SMILES string of the molecule is CC(C)(C)c1ccc(OC/C(=N\C#N)NCc2ccc(NS(C)(=O)=O)c(F)c2)cc1. The number of hydrogen-bond donors (Lipinski definition) is 2. The maximum Gasteiger partial charge on any atom is 0.229 e. The summed E-state index contributed by atoms with van der Waals surface area (Å²) in [5.74, 6) is 0.225. The van der Waals surface area contributed by atoms with Crippen LogP contribution in [0.25, 0.3) is 0 Å². The average molecular weight is 433 g/mol. The number of rotatable bonds is 7. The van der Waals surface area contributed by atoms with E-state index in [1.807, 2.05) is 24.3 Å². The first kappa shape index (κ1) is 23.2. The molecule has 9 heteroatoms. The lowest BCUT2D eigenvalue weighted by atomic mass is 9.87. The van der Waals surface area contributed by atoms with Gasteiger partial charge in [-0.2, -0.15) is 10.3 Å². The summed E-state index contributed by atoms with van der Waals surface area (Å²) in [6, 6.07) is 11.8. The highest BCUT2D eigenvalue weighted by atomic mass is 32.2. The fraction of sp³-hybridized carbons (Fsp3) is 0.333. The van der Waals surface area contributed by atoms with Crippen molar-refractivity contribution in [1.82, 2.24) is 5.32 Å². The van der Waals surface area contributed by atoms with Gasteiger partial charge in [0.15, 0.2) is 5.84 Å². The predicted molar refractivity (Wildman–Crippen MR) is 115 cm³/mol. The first-order valence-corrected chi connectivity index (χ1v) is 11.1. The second kappa shape index (κ2) is 9.59. The number of sulfonamides is 1. The van der Waals surface area contributed by atoms with Crippen molar-refractivity contribution in [1.29, 1.82) is 5.26 Å². The van der Waals surface area contributed by atoms with E-state index in [2.05, 4.69) is 35.8 Å². The van der Waals surface area contributed by atoms with Crippen molar-refractivity contribution in [3.63, 3.8) is 0 Å². The molecule has 0 bridgehead atoms. The molecule has 0 saturated heterocycles. The summed E-state index contributed by atoms with van der Waals surface area (Å²) in [4.78, 5) is 3.70. The molecule has 0 fully saturated rings. The molecule has 2 rings (SSSR count). The third-order valence-electron chi connectivity index (χ3n) is 4.11. The highest BCUT2D eigenvalue weighted by Crippen LogP contribution is 2.24. The van der Waals surface area contributed by atoms with Gasteiger partial charge in [-0.05, 0) is 40.8 Å². The molecular formula is C21H25FN4O3S. The van der Waals surface area contributed by atoms with Crippen LogP contribution >= 0.6 is 0 Å². The minimum absolute atomic E-state index is 0.0369. The second-order valence-corrected chi connectivity index (χ2v) is 9.51. The molecule has 160 valence electrons. The monoisotopic (exact) mass is 432 g/mol. The van der Waals surface area contributed by atoms with Crippen LogP contribution < -0.4 is 14.8 Å². The van der Waals surface area contributed by atoms with Crippen LogP contribution in [0, 0.1) is 17.3 Å². The van der Waals surface area contributed by atoms with Gasteiger partial charge in [0.1, 0.15) is 18.2 Å². The van der Waals surface area contributed by atoms with Crippen LogP contribution in [-0.4, -0.2) is 27.1 Å².